The Morgan fingerprint density at radius 2 is 2.00 bits per heavy atom. The largest absolute Gasteiger partial charge is 0.326 e. The van der Waals surface area contributed by atoms with Gasteiger partial charge in [0.2, 0.25) is 0 Å². The summed E-state index contributed by atoms with van der Waals surface area (Å²) >= 11 is 0. The van der Waals surface area contributed by atoms with Crippen LogP contribution in [0.15, 0.2) is 30.3 Å². The first-order chi connectivity index (χ1) is 9.74. The Bertz CT molecular complexity index is 474. The fourth-order valence-corrected chi connectivity index (χ4v) is 4.55. The van der Waals surface area contributed by atoms with Crippen LogP contribution in [0.4, 0.5) is 0 Å². The van der Waals surface area contributed by atoms with Crippen LogP contribution in [0.2, 0.25) is 0 Å². The summed E-state index contributed by atoms with van der Waals surface area (Å²) in [5.41, 5.74) is 7.67. The van der Waals surface area contributed by atoms with Gasteiger partial charge in [-0.05, 0) is 31.2 Å². The summed E-state index contributed by atoms with van der Waals surface area (Å²) in [5, 5.41) is 0. The number of nitrogens with two attached hydrogens (primary N) is 1. The SMILES string of the molecule is CC1C(N2CC3CC2C3N)CCN1Cc1ccccc1. The van der Waals surface area contributed by atoms with Crippen LogP contribution in [0.1, 0.15) is 25.3 Å². The lowest BCUT2D eigenvalue weighted by Crippen LogP contribution is -2.53. The molecule has 0 spiro atoms. The third-order valence-electron chi connectivity index (χ3n) is 5.90. The van der Waals surface area contributed by atoms with E-state index >= 15 is 0 Å². The van der Waals surface area contributed by atoms with Crippen molar-refractivity contribution >= 4 is 0 Å². The zero-order valence-corrected chi connectivity index (χ0v) is 12.3. The predicted molar refractivity (Wildman–Crippen MR) is 81.3 cm³/mol. The molecule has 1 aliphatic carbocycles. The summed E-state index contributed by atoms with van der Waals surface area (Å²) in [6, 6.07) is 13.4. The lowest BCUT2D eigenvalue weighted by molar-refractivity contribution is 0.130. The fourth-order valence-electron chi connectivity index (χ4n) is 4.55. The summed E-state index contributed by atoms with van der Waals surface area (Å²) in [6.45, 7) is 5.97. The summed E-state index contributed by atoms with van der Waals surface area (Å²) < 4.78 is 0. The van der Waals surface area contributed by atoms with Crippen LogP contribution in [0.3, 0.4) is 0 Å². The number of nitrogens with zero attached hydrogens (tertiary/aromatic N) is 2. The summed E-state index contributed by atoms with van der Waals surface area (Å²) in [7, 11) is 0. The van der Waals surface area contributed by atoms with E-state index in [0.29, 0.717) is 18.1 Å². The van der Waals surface area contributed by atoms with E-state index in [4.69, 9.17) is 5.73 Å². The average Bonchev–Trinajstić information content (AvgIpc) is 3.13. The Labute approximate surface area is 121 Å². The highest BCUT2D eigenvalue weighted by molar-refractivity contribution is 5.16. The Hall–Kier alpha value is -0.900. The molecule has 4 aliphatic rings. The van der Waals surface area contributed by atoms with Crippen LogP contribution in [0, 0.1) is 5.92 Å². The molecule has 108 valence electrons. The molecule has 3 aliphatic heterocycles. The average molecular weight is 271 g/mol. The van der Waals surface area contributed by atoms with Crippen molar-refractivity contribution in [2.45, 2.75) is 50.5 Å². The molecule has 5 atom stereocenters. The summed E-state index contributed by atoms with van der Waals surface area (Å²) in [5.74, 6) is 0.787. The molecule has 1 saturated carbocycles. The van der Waals surface area contributed by atoms with Crippen LogP contribution in [-0.4, -0.2) is 47.1 Å². The van der Waals surface area contributed by atoms with Gasteiger partial charge in [0, 0.05) is 43.8 Å². The molecule has 5 unspecified atom stereocenters. The Morgan fingerprint density at radius 1 is 1.20 bits per heavy atom. The van der Waals surface area contributed by atoms with Crippen molar-refractivity contribution in [3.8, 4) is 0 Å². The first kappa shape index (κ1) is 12.8. The van der Waals surface area contributed by atoms with Crippen molar-refractivity contribution in [2.24, 2.45) is 11.7 Å². The van der Waals surface area contributed by atoms with E-state index in [1.807, 2.05) is 0 Å². The minimum Gasteiger partial charge on any atom is -0.326 e. The molecule has 1 aromatic rings. The fraction of sp³-hybridized carbons (Fsp3) is 0.647. The number of rotatable bonds is 3. The predicted octanol–water partition coefficient (Wildman–Crippen LogP) is 1.68. The van der Waals surface area contributed by atoms with E-state index in [0.717, 1.165) is 18.5 Å². The molecule has 0 radical (unpaired) electrons. The lowest BCUT2D eigenvalue weighted by Gasteiger charge is -2.37. The van der Waals surface area contributed by atoms with Gasteiger partial charge in [-0.3, -0.25) is 9.80 Å². The van der Waals surface area contributed by atoms with Crippen molar-refractivity contribution < 1.29 is 0 Å². The minimum atomic E-state index is 0.463. The molecule has 3 nitrogen and oxygen atoms in total. The molecule has 2 N–H and O–H groups in total. The molecular formula is C17H25N3. The van der Waals surface area contributed by atoms with Gasteiger partial charge in [0.25, 0.3) is 0 Å². The van der Waals surface area contributed by atoms with Gasteiger partial charge in [0.1, 0.15) is 0 Å². The number of hydrogen-bond acceptors (Lipinski definition) is 3. The second-order valence-corrected chi connectivity index (χ2v) is 6.89. The third kappa shape index (κ3) is 1.92. The van der Waals surface area contributed by atoms with E-state index in [1.54, 1.807) is 0 Å². The van der Waals surface area contributed by atoms with Crippen molar-refractivity contribution in [2.75, 3.05) is 13.1 Å². The van der Waals surface area contributed by atoms with E-state index in [-0.39, 0.29) is 0 Å². The quantitative estimate of drug-likeness (QED) is 0.908. The molecule has 0 aromatic heterocycles. The van der Waals surface area contributed by atoms with E-state index in [1.165, 1.54) is 31.5 Å². The van der Waals surface area contributed by atoms with Crippen molar-refractivity contribution in [1.82, 2.24) is 9.80 Å². The van der Waals surface area contributed by atoms with E-state index < -0.39 is 0 Å². The minimum absolute atomic E-state index is 0.463. The number of hydrogen-bond donors (Lipinski definition) is 1. The highest BCUT2D eigenvalue weighted by atomic mass is 15.3. The van der Waals surface area contributed by atoms with Gasteiger partial charge in [-0.2, -0.15) is 0 Å². The Balaban J connectivity index is 1.42. The molecule has 0 amide bonds. The van der Waals surface area contributed by atoms with Crippen LogP contribution >= 0.6 is 0 Å². The van der Waals surface area contributed by atoms with Crippen LogP contribution in [0.5, 0.6) is 0 Å². The van der Waals surface area contributed by atoms with Crippen LogP contribution < -0.4 is 5.73 Å². The zero-order valence-electron chi connectivity index (χ0n) is 12.3. The van der Waals surface area contributed by atoms with Gasteiger partial charge in [-0.1, -0.05) is 30.3 Å². The maximum Gasteiger partial charge on any atom is 0.0264 e. The molecule has 3 heteroatoms. The molecule has 3 saturated heterocycles. The van der Waals surface area contributed by atoms with Crippen molar-refractivity contribution in [3.05, 3.63) is 35.9 Å². The Kier molecular flexibility index (Phi) is 3.09. The molecule has 5 rings (SSSR count). The second kappa shape index (κ2) is 4.83. The van der Waals surface area contributed by atoms with Crippen molar-refractivity contribution in [1.29, 1.82) is 0 Å². The number of fused-ring (bicyclic) bond motifs is 1. The zero-order chi connectivity index (χ0) is 13.7. The monoisotopic (exact) mass is 271 g/mol. The van der Waals surface area contributed by atoms with Gasteiger partial charge in [-0.25, -0.2) is 0 Å². The molecule has 2 bridgehead atoms. The first-order valence-corrected chi connectivity index (χ1v) is 8.03. The van der Waals surface area contributed by atoms with E-state index in [2.05, 4.69) is 47.1 Å². The van der Waals surface area contributed by atoms with Crippen LogP contribution in [0.25, 0.3) is 0 Å². The first-order valence-electron chi connectivity index (χ1n) is 8.03. The highest BCUT2D eigenvalue weighted by Gasteiger charge is 2.53. The van der Waals surface area contributed by atoms with Crippen LogP contribution in [-0.2, 0) is 6.54 Å². The molecule has 3 heterocycles. The smallest absolute Gasteiger partial charge is 0.0264 e. The standard InChI is InChI=1S/C17H25N3/c1-12-15(20-11-14-9-16(20)17(14)18)7-8-19(12)10-13-5-3-2-4-6-13/h2-6,12,14-17H,7-11,18H2,1H3. The molecule has 20 heavy (non-hydrogen) atoms. The molecule has 1 aromatic carbocycles. The molecule has 4 fully saturated rings. The van der Waals surface area contributed by atoms with Gasteiger partial charge in [0.15, 0.2) is 0 Å². The maximum atomic E-state index is 6.23. The topological polar surface area (TPSA) is 32.5 Å². The maximum absolute atomic E-state index is 6.23. The normalized spacial score (nSPS) is 41.0. The third-order valence-corrected chi connectivity index (χ3v) is 5.90. The van der Waals surface area contributed by atoms with E-state index in [9.17, 15) is 0 Å². The summed E-state index contributed by atoms with van der Waals surface area (Å²) in [4.78, 5) is 5.37. The lowest BCUT2D eigenvalue weighted by atomic mass is 9.81. The highest BCUT2D eigenvalue weighted by Crippen LogP contribution is 2.43. The summed E-state index contributed by atoms with van der Waals surface area (Å²) in [6.07, 6.45) is 2.66. The molecular weight excluding hydrogens is 246 g/mol. The van der Waals surface area contributed by atoms with Gasteiger partial charge in [-0.15, -0.1) is 0 Å². The number of likely N-dealkylation sites (tertiary alicyclic amines) is 1. The number of benzene rings is 1. The van der Waals surface area contributed by atoms with Gasteiger partial charge in [0.05, 0.1) is 0 Å². The Morgan fingerprint density at radius 3 is 2.65 bits per heavy atom. The van der Waals surface area contributed by atoms with Gasteiger partial charge < -0.3 is 5.73 Å². The second-order valence-electron chi connectivity index (χ2n) is 6.89. The van der Waals surface area contributed by atoms with Crippen molar-refractivity contribution in [3.63, 3.8) is 0 Å². The van der Waals surface area contributed by atoms with Gasteiger partial charge >= 0.3 is 0 Å².